The minimum Gasteiger partial charge on any atom is -0.339 e. The second-order valence-corrected chi connectivity index (χ2v) is 6.90. The quantitative estimate of drug-likeness (QED) is 0.569. The van der Waals surface area contributed by atoms with Gasteiger partial charge in [-0.2, -0.15) is 4.98 Å². The van der Waals surface area contributed by atoms with Gasteiger partial charge in [-0.1, -0.05) is 48.5 Å². The molecule has 2 amide bonds. The smallest absolute Gasteiger partial charge is 0.270 e. The van der Waals surface area contributed by atoms with Crippen LogP contribution in [0.2, 0.25) is 0 Å². The molecular formula is C20H19BrN4O3. The lowest BCUT2D eigenvalue weighted by molar-refractivity contribution is -0.121. The number of aromatic nitrogens is 2. The minimum atomic E-state index is -0.406. The van der Waals surface area contributed by atoms with Crippen molar-refractivity contribution < 1.29 is 14.1 Å². The Morgan fingerprint density at radius 1 is 1.07 bits per heavy atom. The molecule has 0 saturated carbocycles. The topological polar surface area (TPSA) is 97.1 Å². The van der Waals surface area contributed by atoms with E-state index >= 15 is 0 Å². The van der Waals surface area contributed by atoms with E-state index in [9.17, 15) is 9.59 Å². The molecular weight excluding hydrogens is 424 g/mol. The molecule has 0 bridgehead atoms. The number of amides is 2. The van der Waals surface area contributed by atoms with Crippen LogP contribution in [0.5, 0.6) is 0 Å². The molecule has 8 heteroatoms. The van der Waals surface area contributed by atoms with E-state index in [4.69, 9.17) is 4.52 Å². The third-order valence-corrected chi connectivity index (χ3v) is 4.78. The zero-order valence-electron chi connectivity index (χ0n) is 15.2. The molecule has 0 unspecified atom stereocenters. The molecule has 3 rings (SSSR count). The van der Waals surface area contributed by atoms with Gasteiger partial charge in [-0.05, 0) is 40.0 Å². The summed E-state index contributed by atoms with van der Waals surface area (Å²) < 4.78 is 5.85. The second-order valence-electron chi connectivity index (χ2n) is 6.04. The van der Waals surface area contributed by atoms with Crippen molar-refractivity contribution in [3.05, 3.63) is 70.0 Å². The van der Waals surface area contributed by atoms with E-state index in [1.54, 1.807) is 24.3 Å². The predicted molar refractivity (Wildman–Crippen MR) is 107 cm³/mol. The summed E-state index contributed by atoms with van der Waals surface area (Å²) in [6, 6.07) is 14.9. The molecule has 0 spiro atoms. The first-order valence-electron chi connectivity index (χ1n) is 8.82. The number of aryl methyl sites for hydroxylation is 2. The van der Waals surface area contributed by atoms with Gasteiger partial charge in [0.1, 0.15) is 0 Å². The number of halogens is 1. The summed E-state index contributed by atoms with van der Waals surface area (Å²) in [6.45, 7) is 2.09. The molecule has 3 aromatic rings. The van der Waals surface area contributed by atoms with Crippen LogP contribution in [-0.4, -0.2) is 22.0 Å². The molecule has 28 heavy (non-hydrogen) atoms. The van der Waals surface area contributed by atoms with Gasteiger partial charge >= 0.3 is 0 Å². The number of nitrogens with zero attached hydrogens (tertiary/aromatic N) is 2. The molecule has 0 saturated heterocycles. The van der Waals surface area contributed by atoms with E-state index in [-0.39, 0.29) is 18.7 Å². The third kappa shape index (κ3) is 5.04. The normalized spacial score (nSPS) is 10.5. The Labute approximate surface area is 170 Å². The highest BCUT2D eigenvalue weighted by molar-refractivity contribution is 9.10. The summed E-state index contributed by atoms with van der Waals surface area (Å²) >= 11 is 3.29. The average Bonchev–Trinajstić information content (AvgIpc) is 3.20. The Bertz CT molecular complexity index is 970. The Balaban J connectivity index is 1.49. The van der Waals surface area contributed by atoms with E-state index < -0.39 is 5.91 Å². The van der Waals surface area contributed by atoms with Crippen LogP contribution < -0.4 is 10.9 Å². The van der Waals surface area contributed by atoms with Crippen LogP contribution in [0.3, 0.4) is 0 Å². The van der Waals surface area contributed by atoms with Gasteiger partial charge in [0.15, 0.2) is 0 Å². The number of hydrogen-bond acceptors (Lipinski definition) is 5. The molecule has 2 aromatic carbocycles. The van der Waals surface area contributed by atoms with Gasteiger partial charge in [-0.3, -0.25) is 20.4 Å². The fraction of sp³-hybridized carbons (Fsp3) is 0.200. The fourth-order valence-corrected chi connectivity index (χ4v) is 2.95. The number of carbonyl (C=O) groups excluding carboxylic acids is 2. The predicted octanol–water partition coefficient (Wildman–Crippen LogP) is 3.46. The molecule has 0 aliphatic carbocycles. The fourth-order valence-electron chi connectivity index (χ4n) is 2.49. The van der Waals surface area contributed by atoms with Gasteiger partial charge in [-0.25, -0.2) is 0 Å². The van der Waals surface area contributed by atoms with E-state index in [2.05, 4.69) is 43.8 Å². The molecule has 7 nitrogen and oxygen atoms in total. The van der Waals surface area contributed by atoms with Crippen LogP contribution in [0.4, 0.5) is 0 Å². The zero-order chi connectivity index (χ0) is 19.9. The minimum absolute atomic E-state index is 0.104. The van der Waals surface area contributed by atoms with Gasteiger partial charge < -0.3 is 4.52 Å². The Morgan fingerprint density at radius 3 is 2.54 bits per heavy atom. The van der Waals surface area contributed by atoms with Crippen molar-refractivity contribution in [1.82, 2.24) is 21.0 Å². The Morgan fingerprint density at radius 2 is 1.82 bits per heavy atom. The van der Waals surface area contributed by atoms with Gasteiger partial charge in [0.05, 0.1) is 5.56 Å². The van der Waals surface area contributed by atoms with E-state index in [1.165, 1.54) is 5.56 Å². The maximum absolute atomic E-state index is 12.1. The van der Waals surface area contributed by atoms with Crippen LogP contribution in [0.1, 0.15) is 35.2 Å². The van der Waals surface area contributed by atoms with E-state index in [0.717, 1.165) is 12.0 Å². The summed E-state index contributed by atoms with van der Waals surface area (Å²) in [4.78, 5) is 28.3. The Hall–Kier alpha value is -3.00. The van der Waals surface area contributed by atoms with Crippen molar-refractivity contribution >= 4 is 27.7 Å². The van der Waals surface area contributed by atoms with Gasteiger partial charge in [0.25, 0.3) is 5.91 Å². The van der Waals surface area contributed by atoms with Crippen molar-refractivity contribution in [3.63, 3.8) is 0 Å². The number of benzene rings is 2. The molecule has 1 heterocycles. The second kappa shape index (κ2) is 9.27. The number of rotatable bonds is 6. The van der Waals surface area contributed by atoms with Crippen LogP contribution in [0.15, 0.2) is 57.5 Å². The van der Waals surface area contributed by atoms with Crippen molar-refractivity contribution in [1.29, 1.82) is 0 Å². The standard InChI is InChI=1S/C20H19BrN4O3/c1-2-13-7-9-14(10-8-13)19-22-18(28-25-19)12-11-17(26)23-24-20(27)15-5-3-4-6-16(15)21/h3-10H,2,11-12H2,1H3,(H,23,26)(H,24,27). The average molecular weight is 443 g/mol. The first kappa shape index (κ1) is 19.8. The van der Waals surface area contributed by atoms with Crippen LogP contribution in [-0.2, 0) is 17.6 Å². The number of hydrazine groups is 1. The molecule has 0 aliphatic rings. The monoisotopic (exact) mass is 442 g/mol. The highest BCUT2D eigenvalue weighted by atomic mass is 79.9. The first-order chi connectivity index (χ1) is 13.6. The van der Waals surface area contributed by atoms with Crippen molar-refractivity contribution in [3.8, 4) is 11.4 Å². The van der Waals surface area contributed by atoms with E-state index in [0.29, 0.717) is 21.8 Å². The van der Waals surface area contributed by atoms with Gasteiger partial charge in [-0.15, -0.1) is 0 Å². The summed E-state index contributed by atoms with van der Waals surface area (Å²) in [5.41, 5.74) is 7.28. The summed E-state index contributed by atoms with van der Waals surface area (Å²) in [6.07, 6.45) is 1.34. The summed E-state index contributed by atoms with van der Waals surface area (Å²) in [5, 5.41) is 3.95. The number of hydrogen-bond donors (Lipinski definition) is 2. The molecule has 0 fully saturated rings. The molecule has 0 atom stereocenters. The van der Waals surface area contributed by atoms with Crippen molar-refractivity contribution in [2.45, 2.75) is 26.2 Å². The highest BCUT2D eigenvalue weighted by Crippen LogP contribution is 2.17. The molecule has 0 aliphatic heterocycles. The van der Waals surface area contributed by atoms with Gasteiger partial charge in [0, 0.05) is 22.9 Å². The van der Waals surface area contributed by atoms with Crippen LogP contribution in [0.25, 0.3) is 11.4 Å². The molecule has 144 valence electrons. The molecule has 2 N–H and O–H groups in total. The van der Waals surface area contributed by atoms with Crippen LogP contribution in [0, 0.1) is 0 Å². The first-order valence-corrected chi connectivity index (χ1v) is 9.61. The largest absolute Gasteiger partial charge is 0.339 e. The summed E-state index contributed by atoms with van der Waals surface area (Å²) in [7, 11) is 0. The Kier molecular flexibility index (Phi) is 6.54. The maximum atomic E-state index is 12.1. The van der Waals surface area contributed by atoms with Crippen LogP contribution >= 0.6 is 15.9 Å². The SMILES string of the molecule is CCc1ccc(-c2noc(CCC(=O)NNC(=O)c3ccccc3Br)n2)cc1. The summed E-state index contributed by atoms with van der Waals surface area (Å²) in [5.74, 6) is 0.0889. The van der Waals surface area contributed by atoms with Crippen molar-refractivity contribution in [2.24, 2.45) is 0 Å². The van der Waals surface area contributed by atoms with E-state index in [1.807, 2.05) is 24.3 Å². The lowest BCUT2D eigenvalue weighted by Gasteiger charge is -2.07. The molecule has 0 radical (unpaired) electrons. The molecule has 1 aromatic heterocycles. The highest BCUT2D eigenvalue weighted by Gasteiger charge is 2.13. The number of nitrogens with one attached hydrogen (secondary N) is 2. The zero-order valence-corrected chi connectivity index (χ0v) is 16.8. The number of carbonyl (C=O) groups is 2. The lowest BCUT2D eigenvalue weighted by atomic mass is 10.1. The lowest BCUT2D eigenvalue weighted by Crippen LogP contribution is -2.41. The van der Waals surface area contributed by atoms with Gasteiger partial charge in [0.2, 0.25) is 17.6 Å². The third-order valence-electron chi connectivity index (χ3n) is 4.09. The van der Waals surface area contributed by atoms with Crippen molar-refractivity contribution in [2.75, 3.05) is 0 Å². The maximum Gasteiger partial charge on any atom is 0.270 e.